The maximum absolute atomic E-state index is 13.2. The van der Waals surface area contributed by atoms with Crippen LogP contribution in [0.4, 0.5) is 4.39 Å². The van der Waals surface area contributed by atoms with Crippen LogP contribution in [0.5, 0.6) is 0 Å². The van der Waals surface area contributed by atoms with E-state index in [1.807, 2.05) is 0 Å². The van der Waals surface area contributed by atoms with E-state index in [0.29, 0.717) is 18.4 Å². The minimum absolute atomic E-state index is 0.0136. The Bertz CT molecular complexity index is 686. The van der Waals surface area contributed by atoms with E-state index in [-0.39, 0.29) is 17.7 Å². The number of sulfonamides is 1. The molecule has 0 bridgehead atoms. The van der Waals surface area contributed by atoms with Crippen LogP contribution in [0.2, 0.25) is 0 Å². The molecule has 1 spiro atoms. The fourth-order valence-corrected chi connectivity index (χ4v) is 4.77. The number of rotatable bonds is 4. The van der Waals surface area contributed by atoms with Crippen molar-refractivity contribution in [3.8, 4) is 0 Å². The maximum atomic E-state index is 13.2. The Kier molecular flexibility index (Phi) is 3.94. The Morgan fingerprint density at radius 3 is 2.77 bits per heavy atom. The molecule has 2 N–H and O–H groups in total. The van der Waals surface area contributed by atoms with Crippen LogP contribution in [0.3, 0.4) is 0 Å². The second-order valence-corrected chi connectivity index (χ2v) is 7.91. The highest BCUT2D eigenvalue weighted by Gasteiger charge is 2.48. The summed E-state index contributed by atoms with van der Waals surface area (Å²) in [6.45, 7) is 0. The zero-order valence-electron chi connectivity index (χ0n) is 12.1. The lowest BCUT2D eigenvalue weighted by molar-refractivity contribution is -0.127. The van der Waals surface area contributed by atoms with Crippen molar-refractivity contribution >= 4 is 15.9 Å². The quantitative estimate of drug-likeness (QED) is 0.879. The van der Waals surface area contributed by atoms with Crippen molar-refractivity contribution in [2.45, 2.75) is 49.4 Å². The number of hydrogen-bond acceptors (Lipinski definition) is 3. The summed E-state index contributed by atoms with van der Waals surface area (Å²) in [5.41, 5.74) is -0.0142. The highest BCUT2D eigenvalue weighted by atomic mass is 32.2. The number of carbonyl (C=O) groups is 1. The van der Waals surface area contributed by atoms with Gasteiger partial charge in [0.15, 0.2) is 0 Å². The largest absolute Gasteiger partial charge is 0.349 e. The van der Waals surface area contributed by atoms with Crippen LogP contribution < -0.4 is 10.0 Å². The normalized spacial score (nSPS) is 23.9. The number of benzene rings is 1. The zero-order valence-corrected chi connectivity index (χ0v) is 13.0. The van der Waals surface area contributed by atoms with Gasteiger partial charge < -0.3 is 5.32 Å². The Morgan fingerprint density at radius 1 is 1.36 bits per heavy atom. The summed E-state index contributed by atoms with van der Waals surface area (Å²) in [4.78, 5) is 11.6. The van der Waals surface area contributed by atoms with Gasteiger partial charge in [0, 0.05) is 12.5 Å². The van der Waals surface area contributed by atoms with Gasteiger partial charge in [-0.05, 0) is 43.4 Å². The van der Waals surface area contributed by atoms with Crippen molar-refractivity contribution in [1.82, 2.24) is 10.0 Å². The molecule has 1 aromatic carbocycles. The number of hydrogen-bond donors (Lipinski definition) is 2. The molecule has 1 aromatic rings. The molecule has 5 nitrogen and oxygen atoms in total. The summed E-state index contributed by atoms with van der Waals surface area (Å²) >= 11 is 0. The molecule has 7 heteroatoms. The molecular formula is C15H19FN2O3S. The first kappa shape index (κ1) is 15.4. The van der Waals surface area contributed by atoms with Gasteiger partial charge in [-0.1, -0.05) is 12.1 Å². The standard InChI is InChI=1S/C15H19FN2O3S/c16-12-4-1-3-11(9-12)10-22(20,21)18-13-5-6-14(19)17-15(13)7-2-8-15/h1,3-4,9,13,18H,2,5-8,10H2,(H,17,19). The molecular weight excluding hydrogens is 307 g/mol. The maximum Gasteiger partial charge on any atom is 0.220 e. The Morgan fingerprint density at radius 2 is 2.14 bits per heavy atom. The number of amides is 1. The summed E-state index contributed by atoms with van der Waals surface area (Å²) in [6.07, 6.45) is 3.42. The van der Waals surface area contributed by atoms with E-state index in [4.69, 9.17) is 0 Å². The molecule has 22 heavy (non-hydrogen) atoms. The second kappa shape index (κ2) is 5.62. The third-order valence-corrected chi connectivity index (χ3v) is 5.89. The van der Waals surface area contributed by atoms with Crippen LogP contribution in [0.25, 0.3) is 0 Å². The Hall–Kier alpha value is -1.47. The lowest BCUT2D eigenvalue weighted by atomic mass is 9.68. The molecule has 1 amide bonds. The SMILES string of the molecule is O=C1CCC(NS(=O)(=O)Cc2cccc(F)c2)C2(CCC2)N1. The van der Waals surface area contributed by atoms with Crippen LogP contribution in [-0.4, -0.2) is 25.9 Å². The van der Waals surface area contributed by atoms with Gasteiger partial charge in [0.1, 0.15) is 5.82 Å². The van der Waals surface area contributed by atoms with Crippen molar-refractivity contribution in [3.63, 3.8) is 0 Å². The molecule has 1 aliphatic carbocycles. The molecule has 1 atom stereocenters. The molecule has 0 aromatic heterocycles. The van der Waals surface area contributed by atoms with Crippen LogP contribution in [0.1, 0.15) is 37.7 Å². The van der Waals surface area contributed by atoms with E-state index in [1.54, 1.807) is 6.07 Å². The molecule has 1 unspecified atom stereocenters. The van der Waals surface area contributed by atoms with Crippen molar-refractivity contribution in [3.05, 3.63) is 35.6 Å². The number of piperidine rings is 1. The first-order valence-electron chi connectivity index (χ1n) is 7.44. The van der Waals surface area contributed by atoms with E-state index in [1.165, 1.54) is 18.2 Å². The van der Waals surface area contributed by atoms with Gasteiger partial charge in [0.25, 0.3) is 0 Å². The molecule has 2 fully saturated rings. The lowest BCUT2D eigenvalue weighted by Gasteiger charge is -2.50. The molecule has 1 saturated carbocycles. The van der Waals surface area contributed by atoms with Gasteiger partial charge in [-0.25, -0.2) is 17.5 Å². The van der Waals surface area contributed by atoms with E-state index < -0.39 is 21.4 Å². The predicted octanol–water partition coefficient (Wildman–Crippen LogP) is 1.45. The first-order valence-corrected chi connectivity index (χ1v) is 9.09. The summed E-state index contributed by atoms with van der Waals surface area (Å²) in [5.74, 6) is -0.723. The van der Waals surface area contributed by atoms with Gasteiger partial charge in [0.2, 0.25) is 15.9 Å². The van der Waals surface area contributed by atoms with E-state index >= 15 is 0 Å². The fourth-order valence-electron chi connectivity index (χ4n) is 3.29. The fraction of sp³-hybridized carbons (Fsp3) is 0.533. The van der Waals surface area contributed by atoms with Crippen molar-refractivity contribution in [2.75, 3.05) is 0 Å². The minimum Gasteiger partial charge on any atom is -0.349 e. The van der Waals surface area contributed by atoms with E-state index in [0.717, 1.165) is 19.3 Å². The van der Waals surface area contributed by atoms with Gasteiger partial charge in [0.05, 0.1) is 11.3 Å². The average molecular weight is 326 g/mol. The summed E-state index contributed by atoms with van der Waals surface area (Å²) in [7, 11) is -3.58. The Labute approximate surface area is 129 Å². The highest BCUT2D eigenvalue weighted by molar-refractivity contribution is 7.88. The number of nitrogens with one attached hydrogen (secondary N) is 2. The molecule has 1 heterocycles. The van der Waals surface area contributed by atoms with Crippen LogP contribution >= 0.6 is 0 Å². The van der Waals surface area contributed by atoms with Crippen LogP contribution in [0.15, 0.2) is 24.3 Å². The third kappa shape index (κ3) is 3.15. The average Bonchev–Trinajstić information content (AvgIpc) is 2.38. The number of halogens is 1. The van der Waals surface area contributed by atoms with Gasteiger partial charge in [-0.3, -0.25) is 4.79 Å². The molecule has 2 aliphatic rings. The lowest BCUT2D eigenvalue weighted by Crippen LogP contribution is -2.68. The van der Waals surface area contributed by atoms with Gasteiger partial charge >= 0.3 is 0 Å². The molecule has 0 radical (unpaired) electrons. The van der Waals surface area contributed by atoms with E-state index in [9.17, 15) is 17.6 Å². The molecule has 120 valence electrons. The first-order chi connectivity index (χ1) is 10.4. The van der Waals surface area contributed by atoms with Crippen molar-refractivity contribution in [1.29, 1.82) is 0 Å². The second-order valence-electron chi connectivity index (χ2n) is 6.16. The Balaban J connectivity index is 1.72. The molecule has 1 saturated heterocycles. The van der Waals surface area contributed by atoms with E-state index in [2.05, 4.69) is 10.0 Å². The zero-order chi connectivity index (χ0) is 15.8. The van der Waals surface area contributed by atoms with Crippen LogP contribution in [-0.2, 0) is 20.6 Å². The van der Waals surface area contributed by atoms with Crippen molar-refractivity contribution in [2.24, 2.45) is 0 Å². The topological polar surface area (TPSA) is 75.3 Å². The third-order valence-electron chi connectivity index (χ3n) is 4.53. The monoisotopic (exact) mass is 326 g/mol. The summed E-state index contributed by atoms with van der Waals surface area (Å²) < 4.78 is 40.6. The van der Waals surface area contributed by atoms with Gasteiger partial charge in [-0.2, -0.15) is 0 Å². The molecule has 1 aliphatic heterocycles. The van der Waals surface area contributed by atoms with Gasteiger partial charge in [-0.15, -0.1) is 0 Å². The predicted molar refractivity (Wildman–Crippen MR) is 79.9 cm³/mol. The highest BCUT2D eigenvalue weighted by Crippen LogP contribution is 2.39. The minimum atomic E-state index is -3.58. The van der Waals surface area contributed by atoms with Crippen LogP contribution in [0, 0.1) is 5.82 Å². The molecule has 3 rings (SSSR count). The number of carbonyl (C=O) groups excluding carboxylic acids is 1. The summed E-state index contributed by atoms with van der Waals surface area (Å²) in [6, 6.07) is 5.31. The van der Waals surface area contributed by atoms with Crippen molar-refractivity contribution < 1.29 is 17.6 Å². The summed E-state index contributed by atoms with van der Waals surface area (Å²) in [5, 5.41) is 2.95. The smallest absolute Gasteiger partial charge is 0.220 e.